The molecule has 3 aromatic rings. The Kier molecular flexibility index (Phi) is 7.35. The van der Waals surface area contributed by atoms with Crippen molar-refractivity contribution in [2.75, 3.05) is 21.3 Å². The Morgan fingerprint density at radius 1 is 0.939 bits per heavy atom. The number of methoxy groups -OCH3 is 3. The van der Waals surface area contributed by atoms with Crippen LogP contribution in [0.1, 0.15) is 37.2 Å². The summed E-state index contributed by atoms with van der Waals surface area (Å²) >= 11 is 0. The third kappa shape index (κ3) is 4.99. The van der Waals surface area contributed by atoms with Gasteiger partial charge >= 0.3 is 5.97 Å². The van der Waals surface area contributed by atoms with Gasteiger partial charge in [-0.1, -0.05) is 17.7 Å². The Hall–Kier alpha value is -3.43. The van der Waals surface area contributed by atoms with Crippen LogP contribution in [0.4, 0.5) is 0 Å². The predicted octanol–water partition coefficient (Wildman–Crippen LogP) is 3.59. The van der Waals surface area contributed by atoms with Gasteiger partial charge in [0, 0.05) is 24.6 Å². The van der Waals surface area contributed by atoms with Gasteiger partial charge in [-0.3, -0.25) is 4.79 Å². The third-order valence-electron chi connectivity index (χ3n) is 5.16. The third-order valence-corrected chi connectivity index (χ3v) is 7.17. The maximum atomic E-state index is 13.8. The first kappa shape index (κ1) is 24.2. The second-order valence-electron chi connectivity index (χ2n) is 7.36. The monoisotopic (exact) mass is 471 g/mol. The molecule has 1 aromatic heterocycles. The first-order valence-corrected chi connectivity index (χ1v) is 11.5. The summed E-state index contributed by atoms with van der Waals surface area (Å²) in [6, 6.07) is 13.8. The molecule has 174 valence electrons. The molecule has 1 heterocycles. The summed E-state index contributed by atoms with van der Waals surface area (Å²) in [6.07, 6.45) is 1.41. The molecule has 2 aromatic carbocycles. The lowest BCUT2D eigenvalue weighted by Gasteiger charge is -2.19. The number of ketones is 1. The van der Waals surface area contributed by atoms with Crippen LogP contribution in [0.25, 0.3) is 0 Å². The molecule has 0 aliphatic rings. The van der Waals surface area contributed by atoms with E-state index in [1.54, 1.807) is 24.3 Å². The van der Waals surface area contributed by atoms with Crippen LogP contribution in [0.2, 0.25) is 0 Å². The minimum atomic E-state index is -4.20. The zero-order valence-electron chi connectivity index (χ0n) is 18.8. The number of rotatable bonds is 9. The summed E-state index contributed by atoms with van der Waals surface area (Å²) in [4.78, 5) is 25.8. The van der Waals surface area contributed by atoms with Crippen LogP contribution in [0.3, 0.4) is 0 Å². The molecule has 0 spiro atoms. The second-order valence-corrected chi connectivity index (χ2v) is 9.40. The van der Waals surface area contributed by atoms with E-state index in [0.717, 1.165) is 5.56 Å². The number of Topliss-reactive ketones (excluding diaryl/α,β-unsaturated/α-hetero) is 1. The van der Waals surface area contributed by atoms with Crippen LogP contribution in [-0.4, -0.2) is 46.1 Å². The number of esters is 1. The van der Waals surface area contributed by atoms with Gasteiger partial charge < -0.3 is 18.8 Å². The molecule has 0 aliphatic carbocycles. The zero-order chi connectivity index (χ0) is 24.2. The van der Waals surface area contributed by atoms with Crippen molar-refractivity contribution < 1.29 is 32.2 Å². The SMILES string of the molecule is COCn1cc(C(=O)OC)cc1C(C(=O)c1ccc(OC)cc1)S(=O)(=O)c1ccc(C)cc1. The average Bonchev–Trinajstić information content (AvgIpc) is 3.22. The van der Waals surface area contributed by atoms with Crippen LogP contribution < -0.4 is 4.74 Å². The summed E-state index contributed by atoms with van der Waals surface area (Å²) in [5, 5.41) is -1.62. The summed E-state index contributed by atoms with van der Waals surface area (Å²) < 4.78 is 44.1. The molecule has 0 radical (unpaired) electrons. The number of aromatic nitrogens is 1. The number of aryl methyl sites for hydroxylation is 1. The highest BCUT2D eigenvalue weighted by molar-refractivity contribution is 7.92. The van der Waals surface area contributed by atoms with Crippen LogP contribution in [0, 0.1) is 6.92 Å². The van der Waals surface area contributed by atoms with Crippen molar-refractivity contribution in [2.45, 2.75) is 23.8 Å². The van der Waals surface area contributed by atoms with E-state index in [2.05, 4.69) is 0 Å². The summed E-state index contributed by atoms with van der Waals surface area (Å²) in [5.41, 5.74) is 1.26. The number of hydrogen-bond acceptors (Lipinski definition) is 7. The quantitative estimate of drug-likeness (QED) is 0.347. The van der Waals surface area contributed by atoms with Gasteiger partial charge in [0.2, 0.25) is 0 Å². The molecule has 33 heavy (non-hydrogen) atoms. The fourth-order valence-electron chi connectivity index (χ4n) is 3.43. The summed E-state index contributed by atoms with van der Waals surface area (Å²) in [5.74, 6) is -0.778. The maximum absolute atomic E-state index is 13.8. The van der Waals surface area contributed by atoms with Gasteiger partial charge in [0.1, 0.15) is 12.5 Å². The van der Waals surface area contributed by atoms with Gasteiger partial charge in [-0.25, -0.2) is 13.2 Å². The van der Waals surface area contributed by atoms with E-state index in [4.69, 9.17) is 14.2 Å². The first-order valence-electron chi connectivity index (χ1n) is 9.99. The molecule has 3 rings (SSSR count). The van der Waals surface area contributed by atoms with Crippen LogP contribution in [0.5, 0.6) is 5.75 Å². The molecule has 0 saturated carbocycles. The van der Waals surface area contributed by atoms with Gasteiger partial charge in [0.25, 0.3) is 0 Å². The molecule has 0 fully saturated rings. The Morgan fingerprint density at radius 2 is 1.58 bits per heavy atom. The van der Waals surface area contributed by atoms with E-state index in [0.29, 0.717) is 5.75 Å². The minimum absolute atomic E-state index is 0.00949. The van der Waals surface area contributed by atoms with Crippen LogP contribution in [-0.2, 0) is 26.0 Å². The number of ether oxygens (including phenoxy) is 3. The summed E-state index contributed by atoms with van der Waals surface area (Å²) in [7, 11) is -0.0617. The fraction of sp³-hybridized carbons (Fsp3) is 0.250. The number of carbonyl (C=O) groups excluding carboxylic acids is 2. The van der Waals surface area contributed by atoms with Crippen molar-refractivity contribution in [3.8, 4) is 5.75 Å². The average molecular weight is 472 g/mol. The molecule has 0 aliphatic heterocycles. The normalized spacial score (nSPS) is 12.2. The van der Waals surface area contributed by atoms with Crippen molar-refractivity contribution >= 4 is 21.6 Å². The highest BCUT2D eigenvalue weighted by Crippen LogP contribution is 2.34. The number of carbonyl (C=O) groups is 2. The van der Waals surface area contributed by atoms with Crippen molar-refractivity contribution in [3.05, 3.63) is 83.2 Å². The Morgan fingerprint density at radius 3 is 2.12 bits per heavy atom. The molecule has 1 unspecified atom stereocenters. The number of hydrogen-bond donors (Lipinski definition) is 0. The van der Waals surface area contributed by atoms with E-state index >= 15 is 0 Å². The van der Waals surface area contributed by atoms with E-state index in [9.17, 15) is 18.0 Å². The lowest BCUT2D eigenvalue weighted by Crippen LogP contribution is -2.25. The molecule has 0 saturated heterocycles. The summed E-state index contributed by atoms with van der Waals surface area (Å²) in [6.45, 7) is 1.77. The highest BCUT2D eigenvalue weighted by atomic mass is 32.2. The van der Waals surface area contributed by atoms with Gasteiger partial charge in [0.15, 0.2) is 20.9 Å². The van der Waals surface area contributed by atoms with Crippen molar-refractivity contribution in [1.82, 2.24) is 4.57 Å². The second kappa shape index (κ2) is 10.0. The number of nitrogens with zero attached hydrogens (tertiary/aromatic N) is 1. The van der Waals surface area contributed by atoms with Gasteiger partial charge in [0.05, 0.1) is 24.7 Å². The number of benzene rings is 2. The van der Waals surface area contributed by atoms with E-state index in [1.165, 1.54) is 62.4 Å². The Balaban J connectivity index is 2.23. The van der Waals surface area contributed by atoms with Crippen molar-refractivity contribution in [2.24, 2.45) is 0 Å². The van der Waals surface area contributed by atoms with Crippen LogP contribution >= 0.6 is 0 Å². The molecule has 8 nitrogen and oxygen atoms in total. The predicted molar refractivity (Wildman–Crippen MR) is 121 cm³/mol. The number of sulfone groups is 1. The molecular weight excluding hydrogens is 446 g/mol. The lowest BCUT2D eigenvalue weighted by atomic mass is 10.1. The molecule has 1 atom stereocenters. The van der Waals surface area contributed by atoms with Crippen molar-refractivity contribution in [1.29, 1.82) is 0 Å². The molecule has 9 heteroatoms. The van der Waals surface area contributed by atoms with Gasteiger partial charge in [-0.2, -0.15) is 0 Å². The Bertz CT molecular complexity index is 1240. The van der Waals surface area contributed by atoms with Gasteiger partial charge in [-0.15, -0.1) is 0 Å². The zero-order valence-corrected chi connectivity index (χ0v) is 19.6. The first-order chi connectivity index (χ1) is 15.7. The minimum Gasteiger partial charge on any atom is -0.497 e. The standard InChI is InChI=1S/C24H25NO7S/c1-16-5-11-20(12-6-16)33(28,29)23(22(26)17-7-9-19(31-3)10-8-17)21-13-18(24(27)32-4)14-25(21)15-30-2/h5-14,23H,15H2,1-4H3. The van der Waals surface area contributed by atoms with Gasteiger partial charge in [-0.05, 0) is 49.4 Å². The molecular formula is C24H25NO7S. The molecule has 0 bridgehead atoms. The lowest BCUT2D eigenvalue weighted by molar-refractivity contribution is 0.0599. The molecule has 0 N–H and O–H groups in total. The fourth-order valence-corrected chi connectivity index (χ4v) is 5.16. The van der Waals surface area contributed by atoms with Crippen LogP contribution in [0.15, 0.2) is 65.7 Å². The van der Waals surface area contributed by atoms with Crippen molar-refractivity contribution in [3.63, 3.8) is 0 Å². The maximum Gasteiger partial charge on any atom is 0.339 e. The van der Waals surface area contributed by atoms with E-state index < -0.39 is 26.8 Å². The van der Waals surface area contributed by atoms with E-state index in [-0.39, 0.29) is 28.4 Å². The molecule has 0 amide bonds. The largest absolute Gasteiger partial charge is 0.497 e. The van der Waals surface area contributed by atoms with E-state index in [1.807, 2.05) is 6.92 Å². The topological polar surface area (TPSA) is 101 Å². The highest BCUT2D eigenvalue weighted by Gasteiger charge is 2.39. The smallest absolute Gasteiger partial charge is 0.339 e. The Labute approximate surface area is 192 Å².